The van der Waals surface area contributed by atoms with Crippen LogP contribution in [-0.2, 0) is 9.53 Å². The fraction of sp³-hybridized carbons (Fsp3) is 0.833. The first-order chi connectivity index (χ1) is 8.41. The van der Waals surface area contributed by atoms with Crippen LogP contribution in [-0.4, -0.2) is 53.3 Å². The molecule has 2 unspecified atom stereocenters. The zero-order valence-electron chi connectivity index (χ0n) is 11.2. The predicted octanol–water partition coefficient (Wildman–Crippen LogP) is 1.06. The van der Waals surface area contributed by atoms with Gasteiger partial charge in [-0.05, 0) is 33.6 Å². The van der Waals surface area contributed by atoms with E-state index in [1.165, 1.54) is 4.90 Å². The number of carboxylic acid groups (broad SMARTS) is 1. The quantitative estimate of drug-likeness (QED) is 0.773. The minimum Gasteiger partial charge on any atom is -0.480 e. The van der Waals surface area contributed by atoms with Crippen molar-refractivity contribution in [3.05, 3.63) is 0 Å². The molecule has 1 aliphatic rings. The molecule has 2 N–H and O–H groups in total. The van der Waals surface area contributed by atoms with Gasteiger partial charge in [0, 0.05) is 19.7 Å². The second-order valence-corrected chi connectivity index (χ2v) is 4.79. The van der Waals surface area contributed by atoms with Crippen molar-refractivity contribution in [3.63, 3.8) is 0 Å². The monoisotopic (exact) mass is 258 g/mol. The number of carbonyl (C=O) groups excluding carboxylic acids is 1. The van der Waals surface area contributed by atoms with Crippen molar-refractivity contribution in [2.45, 2.75) is 45.3 Å². The second-order valence-electron chi connectivity index (χ2n) is 4.79. The number of likely N-dealkylation sites (tertiary alicyclic amines) is 1. The molecule has 1 fully saturated rings. The molecule has 2 amide bonds. The highest BCUT2D eigenvalue weighted by Gasteiger charge is 2.45. The summed E-state index contributed by atoms with van der Waals surface area (Å²) in [5, 5.41) is 11.9. The van der Waals surface area contributed by atoms with E-state index in [0.717, 1.165) is 6.42 Å². The maximum atomic E-state index is 12.0. The molecule has 6 heteroatoms. The van der Waals surface area contributed by atoms with E-state index in [9.17, 15) is 14.7 Å². The summed E-state index contributed by atoms with van der Waals surface area (Å²) in [7, 11) is 0. The Labute approximate surface area is 107 Å². The number of hydrogen-bond donors (Lipinski definition) is 2. The molecular weight excluding hydrogens is 236 g/mol. The number of urea groups is 1. The average molecular weight is 258 g/mol. The van der Waals surface area contributed by atoms with Crippen molar-refractivity contribution in [1.82, 2.24) is 10.2 Å². The fourth-order valence-corrected chi connectivity index (χ4v) is 2.18. The van der Waals surface area contributed by atoms with Gasteiger partial charge in [-0.2, -0.15) is 0 Å². The van der Waals surface area contributed by atoms with Crippen LogP contribution < -0.4 is 5.32 Å². The molecule has 6 nitrogen and oxygen atoms in total. The highest BCUT2D eigenvalue weighted by atomic mass is 16.5. The molecule has 1 heterocycles. The lowest BCUT2D eigenvalue weighted by molar-refractivity contribution is -0.147. The van der Waals surface area contributed by atoms with Gasteiger partial charge in [0.1, 0.15) is 5.54 Å². The van der Waals surface area contributed by atoms with Crippen LogP contribution in [0, 0.1) is 0 Å². The molecule has 0 aromatic carbocycles. The highest BCUT2D eigenvalue weighted by Crippen LogP contribution is 2.29. The Morgan fingerprint density at radius 3 is 2.78 bits per heavy atom. The molecule has 0 aromatic heterocycles. The van der Waals surface area contributed by atoms with Crippen LogP contribution >= 0.6 is 0 Å². The zero-order chi connectivity index (χ0) is 13.8. The van der Waals surface area contributed by atoms with E-state index in [1.807, 2.05) is 13.8 Å². The van der Waals surface area contributed by atoms with Crippen LogP contribution in [0.25, 0.3) is 0 Å². The van der Waals surface area contributed by atoms with Gasteiger partial charge in [0.2, 0.25) is 0 Å². The summed E-state index contributed by atoms with van der Waals surface area (Å²) >= 11 is 0. The molecule has 1 aliphatic heterocycles. The molecule has 0 radical (unpaired) electrons. The Balaban J connectivity index is 2.53. The van der Waals surface area contributed by atoms with E-state index in [4.69, 9.17) is 4.74 Å². The van der Waals surface area contributed by atoms with Gasteiger partial charge in [0.15, 0.2) is 0 Å². The molecule has 0 aromatic rings. The molecule has 0 bridgehead atoms. The average Bonchev–Trinajstić information content (AvgIpc) is 2.70. The van der Waals surface area contributed by atoms with Crippen molar-refractivity contribution in [1.29, 1.82) is 0 Å². The summed E-state index contributed by atoms with van der Waals surface area (Å²) < 4.78 is 5.30. The minimum atomic E-state index is -1.08. The van der Waals surface area contributed by atoms with Crippen LogP contribution in [0.2, 0.25) is 0 Å². The number of ether oxygens (including phenoxy) is 1. The number of aliphatic carboxylic acids is 1. The zero-order valence-corrected chi connectivity index (χ0v) is 11.2. The van der Waals surface area contributed by atoms with Gasteiger partial charge in [-0.1, -0.05) is 0 Å². The summed E-state index contributed by atoms with van der Waals surface area (Å²) in [6.07, 6.45) is 1.14. The van der Waals surface area contributed by atoms with Crippen LogP contribution in [0.5, 0.6) is 0 Å². The Hall–Kier alpha value is -1.30. The number of nitrogens with zero attached hydrogens (tertiary/aromatic N) is 1. The first kappa shape index (κ1) is 14.8. The fourth-order valence-electron chi connectivity index (χ4n) is 2.18. The Morgan fingerprint density at radius 2 is 2.22 bits per heavy atom. The Morgan fingerprint density at radius 1 is 1.56 bits per heavy atom. The van der Waals surface area contributed by atoms with E-state index in [2.05, 4.69) is 5.32 Å². The lowest BCUT2D eigenvalue weighted by atomic mass is 10.00. The summed E-state index contributed by atoms with van der Waals surface area (Å²) in [6, 6.07) is -0.330. The van der Waals surface area contributed by atoms with Gasteiger partial charge in [0.25, 0.3) is 0 Å². The van der Waals surface area contributed by atoms with E-state index in [1.54, 1.807) is 6.92 Å². The van der Waals surface area contributed by atoms with Gasteiger partial charge in [-0.3, -0.25) is 0 Å². The van der Waals surface area contributed by atoms with Crippen LogP contribution in [0.3, 0.4) is 0 Å². The van der Waals surface area contributed by atoms with Crippen LogP contribution in [0.15, 0.2) is 0 Å². The number of carboxylic acids is 1. The van der Waals surface area contributed by atoms with Crippen molar-refractivity contribution in [2.75, 3.05) is 19.7 Å². The number of hydrogen-bond acceptors (Lipinski definition) is 3. The topological polar surface area (TPSA) is 78.9 Å². The smallest absolute Gasteiger partial charge is 0.329 e. The first-order valence-corrected chi connectivity index (χ1v) is 6.32. The Kier molecular flexibility index (Phi) is 4.95. The third-order valence-electron chi connectivity index (χ3n) is 3.34. The number of nitrogens with one attached hydrogen (secondary N) is 1. The molecule has 18 heavy (non-hydrogen) atoms. The molecule has 0 saturated carbocycles. The van der Waals surface area contributed by atoms with Gasteiger partial charge < -0.3 is 20.1 Å². The number of rotatable bonds is 5. The summed E-state index contributed by atoms with van der Waals surface area (Å²) in [4.78, 5) is 24.6. The van der Waals surface area contributed by atoms with E-state index < -0.39 is 11.5 Å². The molecule has 104 valence electrons. The van der Waals surface area contributed by atoms with E-state index in [0.29, 0.717) is 26.1 Å². The molecule has 0 aliphatic carbocycles. The Bertz CT molecular complexity index is 321. The molecule has 1 saturated heterocycles. The lowest BCUT2D eigenvalue weighted by Gasteiger charge is -2.31. The van der Waals surface area contributed by atoms with Crippen molar-refractivity contribution < 1.29 is 19.4 Å². The van der Waals surface area contributed by atoms with Gasteiger partial charge in [-0.25, -0.2) is 9.59 Å². The second kappa shape index (κ2) is 6.04. The van der Waals surface area contributed by atoms with E-state index in [-0.39, 0.29) is 12.1 Å². The molecule has 2 atom stereocenters. The molecule has 1 rings (SSSR count). The van der Waals surface area contributed by atoms with Gasteiger partial charge in [0.05, 0.1) is 6.10 Å². The predicted molar refractivity (Wildman–Crippen MR) is 66.5 cm³/mol. The third-order valence-corrected chi connectivity index (χ3v) is 3.34. The summed E-state index contributed by atoms with van der Waals surface area (Å²) in [5.74, 6) is -0.951. The molecular formula is C12H22N2O4. The van der Waals surface area contributed by atoms with Gasteiger partial charge in [-0.15, -0.1) is 0 Å². The van der Waals surface area contributed by atoms with Crippen molar-refractivity contribution >= 4 is 12.0 Å². The SMILES string of the molecule is CCOC(C)CNC(=O)N1CCCC1(C)C(=O)O. The molecule has 0 spiro atoms. The van der Waals surface area contributed by atoms with Gasteiger partial charge >= 0.3 is 12.0 Å². The summed E-state index contributed by atoms with van der Waals surface area (Å²) in [5.41, 5.74) is -1.08. The maximum Gasteiger partial charge on any atom is 0.329 e. The first-order valence-electron chi connectivity index (χ1n) is 6.32. The van der Waals surface area contributed by atoms with Crippen molar-refractivity contribution in [3.8, 4) is 0 Å². The maximum absolute atomic E-state index is 12.0. The standard InChI is InChI=1S/C12H22N2O4/c1-4-18-9(2)8-13-11(17)14-7-5-6-12(14,3)10(15)16/h9H,4-8H2,1-3H3,(H,13,17)(H,15,16). The van der Waals surface area contributed by atoms with Crippen LogP contribution in [0.4, 0.5) is 4.79 Å². The minimum absolute atomic E-state index is 0.0716. The highest BCUT2D eigenvalue weighted by molar-refractivity contribution is 5.86. The van der Waals surface area contributed by atoms with Crippen LogP contribution in [0.1, 0.15) is 33.6 Å². The largest absolute Gasteiger partial charge is 0.480 e. The lowest BCUT2D eigenvalue weighted by Crippen LogP contribution is -2.54. The summed E-state index contributed by atoms with van der Waals surface area (Å²) in [6.45, 7) is 6.81. The van der Waals surface area contributed by atoms with Crippen molar-refractivity contribution in [2.24, 2.45) is 0 Å². The van der Waals surface area contributed by atoms with E-state index >= 15 is 0 Å². The number of amides is 2. The third kappa shape index (κ3) is 3.13. The number of carbonyl (C=O) groups is 2. The normalized spacial score (nSPS) is 24.9.